The van der Waals surface area contributed by atoms with Crippen molar-refractivity contribution in [1.29, 1.82) is 0 Å². The number of amides is 1. The number of fused-ring (bicyclic) bond motifs is 3. The third-order valence-electron chi connectivity index (χ3n) is 6.56. The number of benzene rings is 2. The van der Waals surface area contributed by atoms with E-state index in [1.54, 1.807) is 0 Å². The van der Waals surface area contributed by atoms with Crippen molar-refractivity contribution in [2.45, 2.75) is 31.2 Å². The van der Waals surface area contributed by atoms with Crippen LogP contribution in [0, 0.1) is 16.0 Å². The Hall–Kier alpha value is -3.35. The number of nitrogens with zero attached hydrogens (tertiary/aromatic N) is 2. The Morgan fingerprint density at radius 2 is 1.93 bits per heavy atom. The molecule has 2 aromatic rings. The van der Waals surface area contributed by atoms with E-state index in [0.717, 1.165) is 43.6 Å². The topological polar surface area (TPSA) is 95.7 Å². The summed E-state index contributed by atoms with van der Waals surface area (Å²) in [5.41, 5.74) is 3.17. The van der Waals surface area contributed by atoms with Crippen molar-refractivity contribution in [2.24, 2.45) is 5.92 Å². The first-order valence-corrected chi connectivity index (χ1v) is 10.4. The lowest BCUT2D eigenvalue weighted by atomic mass is 9.76. The number of nitro benzene ring substituents is 1. The smallest absolute Gasteiger partial charge is 0.270 e. The number of phenols is 1. The van der Waals surface area contributed by atoms with Crippen LogP contribution in [0.4, 0.5) is 11.4 Å². The van der Waals surface area contributed by atoms with Crippen LogP contribution in [0.15, 0.2) is 48.6 Å². The van der Waals surface area contributed by atoms with Crippen LogP contribution in [-0.4, -0.2) is 33.9 Å². The lowest BCUT2D eigenvalue weighted by molar-refractivity contribution is -0.385. The van der Waals surface area contributed by atoms with E-state index in [2.05, 4.69) is 17.5 Å². The summed E-state index contributed by atoms with van der Waals surface area (Å²) in [4.78, 5) is 25.5. The molecule has 2 aliphatic heterocycles. The molecule has 30 heavy (non-hydrogen) atoms. The first kappa shape index (κ1) is 18.7. The lowest BCUT2D eigenvalue weighted by Crippen LogP contribution is -2.31. The zero-order valence-electron chi connectivity index (χ0n) is 16.5. The van der Waals surface area contributed by atoms with Gasteiger partial charge in [-0.1, -0.05) is 12.2 Å². The molecule has 1 saturated heterocycles. The summed E-state index contributed by atoms with van der Waals surface area (Å²) < 4.78 is 0. The molecule has 1 amide bonds. The van der Waals surface area contributed by atoms with Crippen molar-refractivity contribution < 1.29 is 14.8 Å². The maximum absolute atomic E-state index is 12.8. The van der Waals surface area contributed by atoms with Crippen molar-refractivity contribution in [3.63, 3.8) is 0 Å². The van der Waals surface area contributed by atoms with Gasteiger partial charge < -0.3 is 15.3 Å². The highest BCUT2D eigenvalue weighted by Crippen LogP contribution is 2.51. The Kier molecular flexibility index (Phi) is 4.46. The fourth-order valence-corrected chi connectivity index (χ4v) is 5.04. The number of nitro groups is 1. The van der Waals surface area contributed by atoms with E-state index in [1.807, 2.05) is 23.1 Å². The molecule has 0 saturated carbocycles. The van der Waals surface area contributed by atoms with Crippen molar-refractivity contribution in [3.05, 3.63) is 75.4 Å². The largest absolute Gasteiger partial charge is 0.508 e. The van der Waals surface area contributed by atoms with Crippen LogP contribution in [0.1, 0.15) is 52.7 Å². The molecule has 0 bridgehead atoms. The van der Waals surface area contributed by atoms with Gasteiger partial charge in [-0.25, -0.2) is 0 Å². The molecule has 2 aromatic carbocycles. The fraction of sp³-hybridized carbons (Fsp3) is 0.348. The zero-order chi connectivity index (χ0) is 20.8. The highest BCUT2D eigenvalue weighted by molar-refractivity contribution is 5.95. The SMILES string of the molecule is O=C(c1ccc2c(c1)C1C=CCC1C(c1cc([N+](=O)[O-])ccc1O)N2)N1CCCC1. The van der Waals surface area contributed by atoms with Crippen LogP contribution >= 0.6 is 0 Å². The van der Waals surface area contributed by atoms with Gasteiger partial charge in [0.1, 0.15) is 5.75 Å². The van der Waals surface area contributed by atoms with Gasteiger partial charge in [0.2, 0.25) is 0 Å². The Morgan fingerprint density at radius 1 is 1.13 bits per heavy atom. The number of allylic oxidation sites excluding steroid dienone is 2. The van der Waals surface area contributed by atoms with Crippen molar-refractivity contribution in [2.75, 3.05) is 18.4 Å². The quantitative estimate of drug-likeness (QED) is 0.449. The Morgan fingerprint density at radius 3 is 2.70 bits per heavy atom. The second-order valence-corrected chi connectivity index (χ2v) is 8.28. The summed E-state index contributed by atoms with van der Waals surface area (Å²) in [6, 6.07) is 9.66. The van der Waals surface area contributed by atoms with E-state index in [9.17, 15) is 20.0 Å². The third kappa shape index (κ3) is 3.01. The number of phenolic OH excluding ortho intramolecular Hbond substituents is 1. The summed E-state index contributed by atoms with van der Waals surface area (Å²) in [7, 11) is 0. The number of nitrogens with one attached hydrogen (secondary N) is 1. The average Bonchev–Trinajstić information content (AvgIpc) is 3.45. The molecule has 1 aliphatic carbocycles. The fourth-order valence-electron chi connectivity index (χ4n) is 5.04. The number of carbonyl (C=O) groups is 1. The van der Waals surface area contributed by atoms with Crippen LogP contribution in [0.2, 0.25) is 0 Å². The molecule has 7 nitrogen and oxygen atoms in total. The summed E-state index contributed by atoms with van der Waals surface area (Å²) in [5, 5.41) is 25.2. The lowest BCUT2D eigenvalue weighted by Gasteiger charge is -2.38. The predicted molar refractivity (Wildman–Crippen MR) is 113 cm³/mol. The Balaban J connectivity index is 1.52. The second-order valence-electron chi connectivity index (χ2n) is 8.28. The molecule has 3 unspecified atom stereocenters. The maximum atomic E-state index is 12.8. The number of hydrogen-bond donors (Lipinski definition) is 2. The minimum Gasteiger partial charge on any atom is -0.508 e. The van der Waals surface area contributed by atoms with E-state index < -0.39 is 4.92 Å². The molecule has 0 spiro atoms. The summed E-state index contributed by atoms with van der Waals surface area (Å²) in [6.45, 7) is 1.63. The molecule has 2 N–H and O–H groups in total. The first-order chi connectivity index (χ1) is 14.5. The van der Waals surface area contributed by atoms with Gasteiger partial charge in [-0.2, -0.15) is 0 Å². The molecule has 154 valence electrons. The van der Waals surface area contributed by atoms with Crippen LogP contribution < -0.4 is 5.32 Å². The number of rotatable bonds is 3. The standard InChI is InChI=1S/C23H23N3O4/c27-21-9-7-15(26(29)30)13-19(21)22-17-5-3-4-16(17)18-12-14(6-8-20(18)24-22)23(28)25-10-1-2-11-25/h3-4,6-9,12-13,16-17,22,24,27H,1-2,5,10-11H2. The molecule has 7 heteroatoms. The number of anilines is 1. The van der Waals surface area contributed by atoms with Gasteiger partial charge in [-0.15, -0.1) is 0 Å². The zero-order valence-corrected chi connectivity index (χ0v) is 16.5. The normalized spacial score (nSPS) is 24.3. The van der Waals surface area contributed by atoms with Crippen molar-refractivity contribution >= 4 is 17.3 Å². The van der Waals surface area contributed by atoms with Gasteiger partial charge in [0.05, 0.1) is 11.0 Å². The molecule has 3 atom stereocenters. The summed E-state index contributed by atoms with van der Waals surface area (Å²) >= 11 is 0. The molecule has 0 aromatic heterocycles. The van der Waals surface area contributed by atoms with E-state index in [0.29, 0.717) is 11.1 Å². The molecule has 5 rings (SSSR count). The molecule has 0 radical (unpaired) electrons. The molecular weight excluding hydrogens is 382 g/mol. The minimum absolute atomic E-state index is 0.0375. The van der Waals surface area contributed by atoms with E-state index >= 15 is 0 Å². The number of hydrogen-bond acceptors (Lipinski definition) is 5. The molecule has 1 fully saturated rings. The predicted octanol–water partition coefficient (Wildman–Crippen LogP) is 4.36. The first-order valence-electron chi connectivity index (χ1n) is 10.4. The second kappa shape index (κ2) is 7.16. The highest BCUT2D eigenvalue weighted by Gasteiger charge is 2.39. The van der Waals surface area contributed by atoms with Gasteiger partial charge in [-0.05, 0) is 55.0 Å². The highest BCUT2D eigenvalue weighted by atomic mass is 16.6. The third-order valence-corrected chi connectivity index (χ3v) is 6.56. The van der Waals surface area contributed by atoms with E-state index in [-0.39, 0.29) is 35.2 Å². The Labute approximate surface area is 174 Å². The van der Waals surface area contributed by atoms with Crippen LogP contribution in [0.25, 0.3) is 0 Å². The summed E-state index contributed by atoms with van der Waals surface area (Å²) in [5.74, 6) is 0.332. The average molecular weight is 405 g/mol. The summed E-state index contributed by atoms with van der Waals surface area (Å²) in [6.07, 6.45) is 7.17. The van der Waals surface area contributed by atoms with Crippen LogP contribution in [0.3, 0.4) is 0 Å². The molecular formula is C23H23N3O4. The van der Waals surface area contributed by atoms with Gasteiger partial charge in [-0.3, -0.25) is 14.9 Å². The number of non-ortho nitro benzene ring substituents is 1. The number of likely N-dealkylation sites (tertiary alicyclic amines) is 1. The number of aromatic hydroxyl groups is 1. The van der Waals surface area contributed by atoms with Crippen LogP contribution in [0.5, 0.6) is 5.75 Å². The van der Waals surface area contributed by atoms with E-state index in [1.165, 1.54) is 18.2 Å². The van der Waals surface area contributed by atoms with E-state index in [4.69, 9.17) is 0 Å². The molecule has 3 aliphatic rings. The Bertz CT molecular complexity index is 1060. The van der Waals surface area contributed by atoms with Gasteiger partial charge in [0.15, 0.2) is 0 Å². The number of carbonyl (C=O) groups excluding carboxylic acids is 1. The van der Waals surface area contributed by atoms with Crippen molar-refractivity contribution in [3.8, 4) is 5.75 Å². The van der Waals surface area contributed by atoms with Crippen molar-refractivity contribution in [1.82, 2.24) is 4.90 Å². The van der Waals surface area contributed by atoms with Gasteiger partial charge in [0, 0.05) is 48.0 Å². The monoisotopic (exact) mass is 405 g/mol. The minimum atomic E-state index is -0.444. The van der Waals surface area contributed by atoms with Gasteiger partial charge >= 0.3 is 0 Å². The maximum Gasteiger partial charge on any atom is 0.270 e. The van der Waals surface area contributed by atoms with Crippen LogP contribution in [-0.2, 0) is 0 Å². The van der Waals surface area contributed by atoms with Gasteiger partial charge in [0.25, 0.3) is 11.6 Å². The molecule has 2 heterocycles.